The van der Waals surface area contributed by atoms with Gasteiger partial charge in [0.05, 0.1) is 6.61 Å². The molecule has 2 heterocycles. The third-order valence-corrected chi connectivity index (χ3v) is 3.78. The van der Waals surface area contributed by atoms with Gasteiger partial charge in [-0.15, -0.1) is 0 Å². The summed E-state index contributed by atoms with van der Waals surface area (Å²) in [7, 11) is 0. The highest BCUT2D eigenvalue weighted by Crippen LogP contribution is 2.24. The molecule has 0 aliphatic rings. The van der Waals surface area contributed by atoms with Crippen LogP contribution in [0.15, 0.2) is 50.5 Å². The lowest BCUT2D eigenvalue weighted by molar-refractivity contribution is -0.137. The van der Waals surface area contributed by atoms with Crippen molar-refractivity contribution in [1.29, 1.82) is 0 Å². The molecule has 3 aromatic rings. The summed E-state index contributed by atoms with van der Waals surface area (Å²) in [5.41, 5.74) is 0.559. The predicted molar refractivity (Wildman–Crippen MR) is 97.9 cm³/mol. The Balaban J connectivity index is 1.96. The SMILES string of the molecule is CC(C)COc1ccc(-c2cnc3c(=O)n(CC(=O)O)c(=O)oc3c2)cc1. The second kappa shape index (κ2) is 7.45. The van der Waals surface area contributed by atoms with Gasteiger partial charge in [0.25, 0.3) is 5.56 Å². The van der Waals surface area contributed by atoms with Crippen molar-refractivity contribution in [1.82, 2.24) is 9.55 Å². The van der Waals surface area contributed by atoms with Gasteiger partial charge in [0.15, 0.2) is 11.1 Å². The minimum absolute atomic E-state index is 0.00396. The van der Waals surface area contributed by atoms with E-state index in [1.807, 2.05) is 24.3 Å². The minimum atomic E-state index is -1.32. The summed E-state index contributed by atoms with van der Waals surface area (Å²) in [4.78, 5) is 39.0. The van der Waals surface area contributed by atoms with Crippen LogP contribution in [-0.2, 0) is 11.3 Å². The van der Waals surface area contributed by atoms with Crippen LogP contribution in [0.3, 0.4) is 0 Å². The molecule has 0 atom stereocenters. The summed E-state index contributed by atoms with van der Waals surface area (Å²) >= 11 is 0. The van der Waals surface area contributed by atoms with Crippen molar-refractivity contribution in [2.24, 2.45) is 5.92 Å². The van der Waals surface area contributed by atoms with E-state index < -0.39 is 23.8 Å². The van der Waals surface area contributed by atoms with Gasteiger partial charge in [-0.3, -0.25) is 9.59 Å². The molecule has 8 nitrogen and oxygen atoms in total. The Labute approximate surface area is 153 Å². The Hall–Kier alpha value is -3.42. The highest BCUT2D eigenvalue weighted by atomic mass is 16.5. The first kappa shape index (κ1) is 18.4. The molecule has 2 aromatic heterocycles. The normalized spacial score (nSPS) is 11.1. The lowest BCUT2D eigenvalue weighted by atomic mass is 10.1. The van der Waals surface area contributed by atoms with Crippen molar-refractivity contribution < 1.29 is 19.1 Å². The summed E-state index contributed by atoms with van der Waals surface area (Å²) in [5.74, 6) is -1.20. The van der Waals surface area contributed by atoms with Crippen molar-refractivity contribution in [2.75, 3.05) is 6.61 Å². The fourth-order valence-corrected chi connectivity index (χ4v) is 2.48. The number of fused-ring (bicyclic) bond motifs is 1. The van der Waals surface area contributed by atoms with Crippen molar-refractivity contribution in [3.63, 3.8) is 0 Å². The highest BCUT2D eigenvalue weighted by Gasteiger charge is 2.14. The molecule has 0 aliphatic carbocycles. The molecule has 1 aromatic carbocycles. The van der Waals surface area contributed by atoms with Gasteiger partial charge in [-0.1, -0.05) is 26.0 Å². The largest absolute Gasteiger partial charge is 0.493 e. The van der Waals surface area contributed by atoms with Crippen molar-refractivity contribution in [3.8, 4) is 16.9 Å². The molecule has 0 fully saturated rings. The van der Waals surface area contributed by atoms with E-state index >= 15 is 0 Å². The fraction of sp³-hybridized carbons (Fsp3) is 0.263. The maximum Gasteiger partial charge on any atom is 0.422 e. The maximum absolute atomic E-state index is 12.3. The molecule has 0 saturated carbocycles. The molecule has 0 aliphatic heterocycles. The van der Waals surface area contributed by atoms with Crippen molar-refractivity contribution in [3.05, 3.63) is 57.4 Å². The van der Waals surface area contributed by atoms with Crippen LogP contribution in [-0.4, -0.2) is 27.2 Å². The van der Waals surface area contributed by atoms with Gasteiger partial charge < -0.3 is 14.3 Å². The molecule has 0 bridgehead atoms. The number of hydrogen-bond donors (Lipinski definition) is 1. The standard InChI is InChI=1S/C19H18N2O6/c1-11(2)10-26-14-5-3-12(4-6-14)13-7-15-17(20-8-13)18(24)21(9-16(22)23)19(25)27-15/h3-8,11H,9-10H2,1-2H3,(H,22,23). The van der Waals surface area contributed by atoms with Crippen LogP contribution < -0.4 is 16.1 Å². The quantitative estimate of drug-likeness (QED) is 0.707. The van der Waals surface area contributed by atoms with Crippen LogP contribution in [0, 0.1) is 5.92 Å². The van der Waals surface area contributed by atoms with Crippen LogP contribution >= 0.6 is 0 Å². The average Bonchev–Trinajstić information content (AvgIpc) is 2.63. The molecular weight excluding hydrogens is 352 g/mol. The Bertz CT molecular complexity index is 1100. The van der Waals surface area contributed by atoms with Gasteiger partial charge in [0.1, 0.15) is 12.3 Å². The molecular formula is C19H18N2O6. The maximum atomic E-state index is 12.3. The van der Waals surface area contributed by atoms with E-state index in [4.69, 9.17) is 14.3 Å². The van der Waals surface area contributed by atoms with E-state index in [1.54, 1.807) is 0 Å². The Morgan fingerprint density at radius 3 is 2.56 bits per heavy atom. The first-order valence-corrected chi connectivity index (χ1v) is 8.34. The van der Waals surface area contributed by atoms with Gasteiger partial charge in [-0.05, 0) is 29.7 Å². The lowest BCUT2D eigenvalue weighted by Crippen LogP contribution is -2.35. The van der Waals surface area contributed by atoms with Gasteiger partial charge >= 0.3 is 11.7 Å². The number of carboxylic acid groups (broad SMARTS) is 1. The van der Waals surface area contributed by atoms with Gasteiger partial charge in [0, 0.05) is 11.8 Å². The number of hydrogen-bond acceptors (Lipinski definition) is 6. The Morgan fingerprint density at radius 1 is 1.22 bits per heavy atom. The molecule has 27 heavy (non-hydrogen) atoms. The van der Waals surface area contributed by atoms with Crippen LogP contribution in [0.25, 0.3) is 22.2 Å². The smallest absolute Gasteiger partial charge is 0.422 e. The van der Waals surface area contributed by atoms with Crippen LogP contribution in [0.1, 0.15) is 13.8 Å². The number of nitrogens with zero attached hydrogens (tertiary/aromatic N) is 2. The van der Waals surface area contributed by atoms with E-state index in [9.17, 15) is 14.4 Å². The summed E-state index contributed by atoms with van der Waals surface area (Å²) in [6, 6.07) is 8.84. The molecule has 0 unspecified atom stereocenters. The molecule has 3 rings (SSSR count). The topological polar surface area (TPSA) is 112 Å². The Kier molecular flexibility index (Phi) is 5.07. The zero-order valence-electron chi connectivity index (χ0n) is 14.8. The summed E-state index contributed by atoms with van der Waals surface area (Å²) in [5, 5.41) is 8.80. The van der Waals surface area contributed by atoms with E-state index in [1.165, 1.54) is 12.3 Å². The van der Waals surface area contributed by atoms with E-state index in [0.717, 1.165) is 11.3 Å². The van der Waals surface area contributed by atoms with Gasteiger partial charge in [-0.25, -0.2) is 14.3 Å². The van der Waals surface area contributed by atoms with E-state index in [-0.39, 0.29) is 11.1 Å². The monoisotopic (exact) mass is 370 g/mol. The van der Waals surface area contributed by atoms with Crippen LogP contribution in [0.2, 0.25) is 0 Å². The number of carbonyl (C=O) groups is 1. The third-order valence-electron chi connectivity index (χ3n) is 3.78. The summed E-state index contributed by atoms with van der Waals surface area (Å²) in [6.45, 7) is 3.96. The summed E-state index contributed by atoms with van der Waals surface area (Å²) in [6.07, 6.45) is 1.47. The second-order valence-corrected chi connectivity index (χ2v) is 6.45. The molecule has 1 N–H and O–H groups in total. The number of rotatable bonds is 6. The second-order valence-electron chi connectivity index (χ2n) is 6.45. The molecule has 140 valence electrons. The van der Waals surface area contributed by atoms with Crippen molar-refractivity contribution in [2.45, 2.75) is 20.4 Å². The first-order valence-electron chi connectivity index (χ1n) is 8.34. The third kappa shape index (κ3) is 4.05. The molecule has 0 saturated heterocycles. The van der Waals surface area contributed by atoms with Crippen LogP contribution in [0.4, 0.5) is 0 Å². The molecule has 0 radical (unpaired) electrons. The van der Waals surface area contributed by atoms with Crippen molar-refractivity contribution >= 4 is 17.1 Å². The number of aromatic nitrogens is 2. The zero-order valence-corrected chi connectivity index (χ0v) is 14.8. The highest BCUT2D eigenvalue weighted by molar-refractivity contribution is 5.78. The fourth-order valence-electron chi connectivity index (χ4n) is 2.48. The number of pyridine rings is 1. The molecule has 0 spiro atoms. The predicted octanol–water partition coefficient (Wildman–Crippen LogP) is 2.14. The summed E-state index contributed by atoms with van der Waals surface area (Å²) < 4.78 is 11.2. The van der Waals surface area contributed by atoms with Crippen LogP contribution in [0.5, 0.6) is 5.75 Å². The Morgan fingerprint density at radius 2 is 1.93 bits per heavy atom. The number of carboxylic acids is 1. The zero-order chi connectivity index (χ0) is 19.6. The van der Waals surface area contributed by atoms with Gasteiger partial charge in [-0.2, -0.15) is 0 Å². The van der Waals surface area contributed by atoms with Gasteiger partial charge in [0.2, 0.25) is 0 Å². The molecule has 0 amide bonds. The van der Waals surface area contributed by atoms with E-state index in [0.29, 0.717) is 22.7 Å². The first-order chi connectivity index (χ1) is 12.8. The number of aliphatic carboxylic acids is 1. The number of benzene rings is 1. The number of ether oxygens (including phenoxy) is 1. The molecule has 8 heteroatoms. The lowest BCUT2D eigenvalue weighted by Gasteiger charge is -2.09. The average molecular weight is 370 g/mol. The minimum Gasteiger partial charge on any atom is -0.493 e. The van der Waals surface area contributed by atoms with E-state index in [2.05, 4.69) is 18.8 Å².